The number of nitrogens with zero attached hydrogens (tertiary/aromatic N) is 1. The minimum atomic E-state index is -0.848. The van der Waals surface area contributed by atoms with Crippen molar-refractivity contribution < 1.29 is 0 Å². The van der Waals surface area contributed by atoms with Crippen LogP contribution < -0.4 is 0 Å². The first-order chi connectivity index (χ1) is 11.1. The van der Waals surface area contributed by atoms with Crippen molar-refractivity contribution in [3.05, 3.63) is 57.4 Å². The Balaban J connectivity index is 2.56. The maximum Gasteiger partial charge on any atom is 0.0726 e. The van der Waals surface area contributed by atoms with Gasteiger partial charge in [0.15, 0.2) is 0 Å². The number of hydrogen-bond donors (Lipinski definition) is 0. The van der Waals surface area contributed by atoms with Gasteiger partial charge >= 0.3 is 0 Å². The molecule has 2 atom stereocenters. The van der Waals surface area contributed by atoms with Crippen LogP contribution in [0.4, 0.5) is 0 Å². The third-order valence-corrected chi connectivity index (χ3v) is 7.46. The summed E-state index contributed by atoms with van der Waals surface area (Å²) in [5, 5.41) is 1.64. The number of allylic oxidation sites excluding steroid dienone is 2. The normalized spacial score (nSPS) is 19.6. The molecule has 0 spiro atoms. The van der Waals surface area contributed by atoms with E-state index in [1.54, 1.807) is 10.8 Å². The lowest BCUT2D eigenvalue weighted by molar-refractivity contribution is 0.374. The van der Waals surface area contributed by atoms with Crippen LogP contribution in [0.25, 0.3) is 0 Å². The van der Waals surface area contributed by atoms with Crippen molar-refractivity contribution in [1.82, 2.24) is 4.90 Å². The Kier molecular flexibility index (Phi) is 5.80. The van der Waals surface area contributed by atoms with Crippen LogP contribution >= 0.6 is 0 Å². The fourth-order valence-corrected chi connectivity index (χ4v) is 5.26. The molecule has 0 aromatic heterocycles. The van der Waals surface area contributed by atoms with E-state index < -0.39 is 8.80 Å². The molecule has 2 rings (SSSR count). The molecule has 1 heterocycles. The van der Waals surface area contributed by atoms with Crippen molar-refractivity contribution >= 4 is 8.80 Å². The van der Waals surface area contributed by atoms with Gasteiger partial charge < -0.3 is 4.90 Å². The third-order valence-electron chi connectivity index (χ3n) is 5.74. The monoisotopic (exact) mass is 341 g/mol. The Labute approximate surface area is 151 Å². The molecular weight excluding hydrogens is 306 g/mol. The molecule has 0 radical (unpaired) electrons. The molecule has 132 valence electrons. The highest BCUT2D eigenvalue weighted by atomic mass is 28.3. The van der Waals surface area contributed by atoms with E-state index in [0.717, 1.165) is 0 Å². The van der Waals surface area contributed by atoms with Crippen molar-refractivity contribution in [2.75, 3.05) is 7.05 Å². The molecule has 1 aromatic rings. The zero-order valence-corrected chi connectivity index (χ0v) is 18.2. The molecule has 1 aliphatic rings. The summed E-state index contributed by atoms with van der Waals surface area (Å²) in [6.45, 7) is 18.7. The average Bonchev–Trinajstić information content (AvgIpc) is 2.49. The van der Waals surface area contributed by atoms with Crippen LogP contribution in [0.5, 0.6) is 0 Å². The summed E-state index contributed by atoms with van der Waals surface area (Å²) in [5.74, 6) is 1.30. The van der Waals surface area contributed by atoms with Gasteiger partial charge in [-0.2, -0.15) is 0 Å². The molecule has 0 amide bonds. The zero-order chi connectivity index (χ0) is 18.2. The van der Waals surface area contributed by atoms with E-state index >= 15 is 0 Å². The lowest BCUT2D eigenvalue weighted by atomic mass is 9.85. The van der Waals surface area contributed by atoms with Gasteiger partial charge in [-0.3, -0.25) is 0 Å². The van der Waals surface area contributed by atoms with Crippen molar-refractivity contribution in [3.63, 3.8) is 0 Å². The van der Waals surface area contributed by atoms with Crippen molar-refractivity contribution in [3.8, 4) is 0 Å². The van der Waals surface area contributed by atoms with Gasteiger partial charge in [0.2, 0.25) is 0 Å². The molecule has 0 bridgehead atoms. The van der Waals surface area contributed by atoms with Crippen molar-refractivity contribution in [2.45, 2.75) is 60.7 Å². The highest BCUT2D eigenvalue weighted by Crippen LogP contribution is 2.38. The Hall–Kier alpha value is -1.28. The molecule has 0 saturated heterocycles. The molecular formula is C22H35NSi. The van der Waals surface area contributed by atoms with Gasteiger partial charge in [-0.25, -0.2) is 0 Å². The SMILES string of the molecule is Cc1cc(C)c(C)c(C2C=C(C(C)C(C)C)C([SiH](C)C)=CN2C)c1. The van der Waals surface area contributed by atoms with Crippen LogP contribution in [-0.4, -0.2) is 20.7 Å². The molecule has 2 unspecified atom stereocenters. The summed E-state index contributed by atoms with van der Waals surface area (Å²) in [7, 11) is 1.39. The van der Waals surface area contributed by atoms with E-state index in [1.807, 2.05) is 0 Å². The summed E-state index contributed by atoms with van der Waals surface area (Å²) >= 11 is 0. The molecule has 1 aliphatic heterocycles. The maximum absolute atomic E-state index is 2.56. The average molecular weight is 342 g/mol. The van der Waals surface area contributed by atoms with Gasteiger partial charge in [0.05, 0.1) is 14.8 Å². The predicted octanol–water partition coefficient (Wildman–Crippen LogP) is 5.73. The Morgan fingerprint density at radius 2 is 1.67 bits per heavy atom. The van der Waals surface area contributed by atoms with Crippen molar-refractivity contribution in [1.29, 1.82) is 0 Å². The van der Waals surface area contributed by atoms with Gasteiger partial charge in [0.25, 0.3) is 0 Å². The smallest absolute Gasteiger partial charge is 0.0726 e. The second-order valence-corrected chi connectivity index (χ2v) is 11.2. The van der Waals surface area contributed by atoms with Crippen LogP contribution in [0.2, 0.25) is 13.1 Å². The molecule has 0 N–H and O–H groups in total. The van der Waals surface area contributed by atoms with Crippen LogP contribution in [0.1, 0.15) is 49.1 Å². The quantitative estimate of drug-likeness (QED) is 0.632. The van der Waals surface area contributed by atoms with Gasteiger partial charge in [-0.1, -0.05) is 57.6 Å². The fourth-order valence-electron chi connectivity index (χ4n) is 3.70. The second kappa shape index (κ2) is 7.31. The predicted molar refractivity (Wildman–Crippen MR) is 110 cm³/mol. The van der Waals surface area contributed by atoms with Crippen LogP contribution in [-0.2, 0) is 0 Å². The summed E-state index contributed by atoms with van der Waals surface area (Å²) in [6.07, 6.45) is 5.01. The number of benzene rings is 1. The maximum atomic E-state index is 2.56. The Morgan fingerprint density at radius 3 is 2.21 bits per heavy atom. The summed E-state index contributed by atoms with van der Waals surface area (Å²) in [5.41, 5.74) is 7.26. The van der Waals surface area contributed by atoms with E-state index in [1.165, 1.54) is 22.3 Å². The fraction of sp³-hybridized carbons (Fsp3) is 0.545. The van der Waals surface area contributed by atoms with Gasteiger partial charge in [0, 0.05) is 7.05 Å². The van der Waals surface area contributed by atoms with Gasteiger partial charge in [-0.05, 0) is 66.3 Å². The minimum Gasteiger partial charge on any atom is -0.370 e. The summed E-state index contributed by atoms with van der Waals surface area (Å²) in [4.78, 5) is 2.43. The van der Waals surface area contributed by atoms with E-state index in [9.17, 15) is 0 Å². The zero-order valence-electron chi connectivity index (χ0n) is 17.1. The molecule has 24 heavy (non-hydrogen) atoms. The first-order valence-electron chi connectivity index (χ1n) is 9.37. The van der Waals surface area contributed by atoms with Crippen LogP contribution in [0.15, 0.2) is 35.2 Å². The molecule has 0 saturated carbocycles. The third kappa shape index (κ3) is 3.69. The highest BCUT2D eigenvalue weighted by molar-refractivity contribution is 6.65. The minimum absolute atomic E-state index is 0.358. The highest BCUT2D eigenvalue weighted by Gasteiger charge is 2.27. The van der Waals surface area contributed by atoms with Crippen molar-refractivity contribution in [2.24, 2.45) is 11.8 Å². The molecule has 0 aliphatic carbocycles. The summed E-state index contributed by atoms with van der Waals surface area (Å²) < 4.78 is 0. The van der Waals surface area contributed by atoms with E-state index in [0.29, 0.717) is 17.9 Å². The Morgan fingerprint density at radius 1 is 1.04 bits per heavy atom. The van der Waals surface area contributed by atoms with E-state index in [-0.39, 0.29) is 0 Å². The topological polar surface area (TPSA) is 3.24 Å². The van der Waals surface area contributed by atoms with Crippen LogP contribution in [0.3, 0.4) is 0 Å². The largest absolute Gasteiger partial charge is 0.370 e. The molecule has 0 fully saturated rings. The molecule has 1 nitrogen and oxygen atoms in total. The molecule has 1 aromatic carbocycles. The lowest BCUT2D eigenvalue weighted by Gasteiger charge is -2.36. The standard InChI is InChI=1S/C22H35NSi/c1-14(2)17(5)20-12-21(23(7)13-22(20)24(8)9)19-11-15(3)10-16(4)18(19)6/h10-14,17,21,24H,1-9H3. The van der Waals surface area contributed by atoms with Crippen LogP contribution in [0, 0.1) is 32.6 Å². The van der Waals surface area contributed by atoms with Gasteiger partial charge in [0.1, 0.15) is 0 Å². The number of rotatable bonds is 4. The Bertz CT molecular complexity index is 667. The molecule has 2 heteroatoms. The number of likely N-dealkylation sites (N-methyl/N-ethyl adjacent to an activating group) is 1. The van der Waals surface area contributed by atoms with E-state index in [4.69, 9.17) is 0 Å². The van der Waals surface area contributed by atoms with E-state index in [2.05, 4.69) is 91.0 Å². The number of hydrogen-bond acceptors (Lipinski definition) is 1. The lowest BCUT2D eigenvalue weighted by Crippen LogP contribution is -2.29. The first kappa shape index (κ1) is 19.0. The van der Waals surface area contributed by atoms with Gasteiger partial charge in [-0.15, -0.1) is 0 Å². The number of aryl methyl sites for hydroxylation is 2. The summed E-state index contributed by atoms with van der Waals surface area (Å²) in [6, 6.07) is 5.03. The first-order valence-corrected chi connectivity index (χ1v) is 12.3. The second-order valence-electron chi connectivity index (χ2n) is 8.30.